The third-order valence-corrected chi connectivity index (χ3v) is 4.57. The predicted octanol–water partition coefficient (Wildman–Crippen LogP) is 3.56. The van der Waals surface area contributed by atoms with Gasteiger partial charge in [0.25, 0.3) is 0 Å². The van der Waals surface area contributed by atoms with Gasteiger partial charge in [-0.2, -0.15) is 5.10 Å². The Kier molecular flexibility index (Phi) is 4.98. The molecule has 128 valence electrons. The molecule has 1 heterocycles. The molecule has 4 heteroatoms. The van der Waals surface area contributed by atoms with Crippen LogP contribution in [0.2, 0.25) is 0 Å². The second-order valence-corrected chi connectivity index (χ2v) is 6.22. The van der Waals surface area contributed by atoms with Gasteiger partial charge in [0.05, 0.1) is 5.69 Å². The summed E-state index contributed by atoms with van der Waals surface area (Å²) in [5.41, 5.74) is 4.44. The molecule has 0 aliphatic rings. The number of hydrogen-bond acceptors (Lipinski definition) is 2. The summed E-state index contributed by atoms with van der Waals surface area (Å²) in [4.78, 5) is 12.1. The molecule has 0 bridgehead atoms. The summed E-state index contributed by atoms with van der Waals surface area (Å²) in [5, 5.41) is 9.68. The number of nitrogens with one attached hydrogen (secondary N) is 1. The van der Waals surface area contributed by atoms with Crippen molar-refractivity contribution in [2.75, 3.05) is 6.54 Å². The van der Waals surface area contributed by atoms with E-state index in [4.69, 9.17) is 0 Å². The third-order valence-electron chi connectivity index (χ3n) is 4.57. The van der Waals surface area contributed by atoms with Crippen LogP contribution in [0, 0.1) is 13.8 Å². The highest BCUT2D eigenvalue weighted by Crippen LogP contribution is 2.19. The van der Waals surface area contributed by atoms with E-state index in [1.807, 2.05) is 49.0 Å². The second-order valence-electron chi connectivity index (χ2n) is 6.22. The average molecular weight is 333 g/mol. The summed E-state index contributed by atoms with van der Waals surface area (Å²) >= 11 is 0. The topological polar surface area (TPSA) is 46.9 Å². The van der Waals surface area contributed by atoms with Crippen LogP contribution in [0.15, 0.2) is 48.5 Å². The summed E-state index contributed by atoms with van der Waals surface area (Å²) < 4.78 is 1.88. The molecule has 0 saturated heterocycles. The Labute approximate surface area is 148 Å². The minimum Gasteiger partial charge on any atom is -0.352 e. The molecular weight excluding hydrogens is 310 g/mol. The highest BCUT2D eigenvalue weighted by atomic mass is 16.1. The van der Waals surface area contributed by atoms with E-state index < -0.39 is 0 Å². The van der Waals surface area contributed by atoms with Crippen LogP contribution < -0.4 is 5.32 Å². The van der Waals surface area contributed by atoms with Gasteiger partial charge in [-0.25, -0.2) is 0 Å². The van der Waals surface area contributed by atoms with Crippen molar-refractivity contribution in [3.8, 4) is 0 Å². The van der Waals surface area contributed by atoms with Gasteiger partial charge in [0, 0.05) is 25.4 Å². The van der Waals surface area contributed by atoms with Crippen LogP contribution in [-0.2, 0) is 18.3 Å². The Morgan fingerprint density at radius 2 is 1.92 bits per heavy atom. The predicted molar refractivity (Wildman–Crippen MR) is 102 cm³/mol. The van der Waals surface area contributed by atoms with Crippen molar-refractivity contribution in [1.82, 2.24) is 15.1 Å². The molecule has 3 rings (SSSR count). The highest BCUT2D eigenvalue weighted by Gasteiger charge is 2.09. The van der Waals surface area contributed by atoms with Crippen molar-refractivity contribution < 1.29 is 4.79 Å². The fourth-order valence-corrected chi connectivity index (χ4v) is 3.11. The minimum absolute atomic E-state index is 0.0767. The first-order valence-corrected chi connectivity index (χ1v) is 8.49. The lowest BCUT2D eigenvalue weighted by molar-refractivity contribution is -0.116. The number of fused-ring (bicyclic) bond motifs is 1. The van der Waals surface area contributed by atoms with Crippen LogP contribution in [-0.4, -0.2) is 22.2 Å². The Balaban J connectivity index is 1.61. The lowest BCUT2D eigenvalue weighted by Crippen LogP contribution is -2.23. The first kappa shape index (κ1) is 17.0. The van der Waals surface area contributed by atoms with E-state index >= 15 is 0 Å². The number of aryl methyl sites for hydroxylation is 2. The number of aromatic nitrogens is 2. The SMILES string of the molecule is Cc1nn(C)c(C)c1CCNC(=O)C=Cc1cccc2ccccc12. The van der Waals surface area contributed by atoms with Crippen molar-refractivity contribution in [3.63, 3.8) is 0 Å². The summed E-state index contributed by atoms with van der Waals surface area (Å²) in [6, 6.07) is 14.3. The molecule has 2 aromatic carbocycles. The lowest BCUT2D eigenvalue weighted by atomic mass is 10.0. The van der Waals surface area contributed by atoms with E-state index in [-0.39, 0.29) is 5.91 Å². The van der Waals surface area contributed by atoms with E-state index in [0.717, 1.165) is 28.8 Å². The average Bonchev–Trinajstić information content (AvgIpc) is 2.86. The zero-order chi connectivity index (χ0) is 17.8. The van der Waals surface area contributed by atoms with E-state index in [1.54, 1.807) is 6.08 Å². The van der Waals surface area contributed by atoms with Crippen molar-refractivity contribution in [2.24, 2.45) is 7.05 Å². The normalized spacial score (nSPS) is 11.3. The Bertz CT molecular complexity index is 932. The molecule has 3 aromatic rings. The monoisotopic (exact) mass is 333 g/mol. The minimum atomic E-state index is -0.0767. The van der Waals surface area contributed by atoms with E-state index in [0.29, 0.717) is 6.54 Å². The highest BCUT2D eigenvalue weighted by molar-refractivity contribution is 5.96. The number of rotatable bonds is 5. The second kappa shape index (κ2) is 7.34. The fraction of sp³-hybridized carbons (Fsp3) is 0.238. The summed E-state index contributed by atoms with van der Waals surface area (Å²) in [6.45, 7) is 4.66. The number of carbonyl (C=O) groups excluding carboxylic acids is 1. The van der Waals surface area contributed by atoms with Crippen LogP contribution >= 0.6 is 0 Å². The molecule has 1 N–H and O–H groups in total. The molecule has 1 aromatic heterocycles. The molecule has 0 aliphatic heterocycles. The Morgan fingerprint density at radius 1 is 1.16 bits per heavy atom. The number of nitrogens with zero attached hydrogens (tertiary/aromatic N) is 2. The van der Waals surface area contributed by atoms with Gasteiger partial charge in [-0.05, 0) is 48.2 Å². The Morgan fingerprint density at radius 3 is 2.68 bits per heavy atom. The number of amides is 1. The quantitative estimate of drug-likeness (QED) is 0.726. The lowest BCUT2D eigenvalue weighted by Gasteiger charge is -2.04. The molecule has 0 atom stereocenters. The standard InChI is InChI=1S/C21H23N3O/c1-15-19(16(2)24(3)23-15)13-14-22-21(25)12-11-18-9-6-8-17-7-4-5-10-20(17)18/h4-12H,13-14H2,1-3H3,(H,22,25). The van der Waals surface area contributed by atoms with E-state index in [9.17, 15) is 4.79 Å². The maximum absolute atomic E-state index is 12.1. The molecule has 0 unspecified atom stereocenters. The van der Waals surface area contributed by atoms with E-state index in [2.05, 4.69) is 35.5 Å². The first-order chi connectivity index (χ1) is 12.1. The van der Waals surface area contributed by atoms with Crippen LogP contribution in [0.25, 0.3) is 16.8 Å². The van der Waals surface area contributed by atoms with Gasteiger partial charge in [-0.3, -0.25) is 9.48 Å². The van der Waals surface area contributed by atoms with Gasteiger partial charge in [0.15, 0.2) is 0 Å². The van der Waals surface area contributed by atoms with Crippen LogP contribution in [0.5, 0.6) is 0 Å². The van der Waals surface area contributed by atoms with Gasteiger partial charge in [0.2, 0.25) is 5.91 Å². The van der Waals surface area contributed by atoms with Crippen LogP contribution in [0.1, 0.15) is 22.5 Å². The van der Waals surface area contributed by atoms with Crippen LogP contribution in [0.3, 0.4) is 0 Å². The van der Waals surface area contributed by atoms with Gasteiger partial charge < -0.3 is 5.32 Å². The molecule has 0 radical (unpaired) electrons. The maximum atomic E-state index is 12.1. The zero-order valence-corrected chi connectivity index (χ0v) is 14.9. The van der Waals surface area contributed by atoms with Gasteiger partial charge in [0.1, 0.15) is 0 Å². The van der Waals surface area contributed by atoms with E-state index in [1.165, 1.54) is 10.9 Å². The fourth-order valence-electron chi connectivity index (χ4n) is 3.11. The molecular formula is C21H23N3O. The Hall–Kier alpha value is -2.88. The van der Waals surface area contributed by atoms with Crippen molar-refractivity contribution in [2.45, 2.75) is 20.3 Å². The smallest absolute Gasteiger partial charge is 0.244 e. The molecule has 0 fully saturated rings. The summed E-state index contributed by atoms with van der Waals surface area (Å²) in [7, 11) is 1.94. The van der Waals surface area contributed by atoms with Crippen molar-refractivity contribution in [3.05, 3.63) is 71.1 Å². The molecule has 4 nitrogen and oxygen atoms in total. The largest absolute Gasteiger partial charge is 0.352 e. The maximum Gasteiger partial charge on any atom is 0.244 e. The third kappa shape index (κ3) is 3.79. The molecule has 25 heavy (non-hydrogen) atoms. The number of hydrogen-bond donors (Lipinski definition) is 1. The van der Waals surface area contributed by atoms with Gasteiger partial charge in [-0.15, -0.1) is 0 Å². The molecule has 0 spiro atoms. The first-order valence-electron chi connectivity index (χ1n) is 8.49. The van der Waals surface area contributed by atoms with Gasteiger partial charge >= 0.3 is 0 Å². The molecule has 1 amide bonds. The van der Waals surface area contributed by atoms with Crippen LogP contribution in [0.4, 0.5) is 0 Å². The number of carbonyl (C=O) groups is 1. The summed E-state index contributed by atoms with van der Waals surface area (Å²) in [6.07, 6.45) is 4.27. The summed E-state index contributed by atoms with van der Waals surface area (Å²) in [5.74, 6) is -0.0767. The van der Waals surface area contributed by atoms with Crippen molar-refractivity contribution in [1.29, 1.82) is 0 Å². The molecule has 0 aliphatic carbocycles. The van der Waals surface area contributed by atoms with Gasteiger partial charge in [-0.1, -0.05) is 42.5 Å². The zero-order valence-electron chi connectivity index (χ0n) is 14.9. The number of benzene rings is 2. The molecule has 0 saturated carbocycles. The van der Waals surface area contributed by atoms with Crippen molar-refractivity contribution >= 4 is 22.8 Å².